The number of methoxy groups -OCH3 is 1. The molecule has 0 aliphatic carbocycles. The van der Waals surface area contributed by atoms with Crippen molar-refractivity contribution in [2.45, 2.75) is 20.0 Å². The van der Waals surface area contributed by atoms with Crippen molar-refractivity contribution in [3.05, 3.63) is 29.3 Å². The summed E-state index contributed by atoms with van der Waals surface area (Å²) in [4.78, 5) is 2.16. The van der Waals surface area contributed by atoms with E-state index < -0.39 is 0 Å². The van der Waals surface area contributed by atoms with Gasteiger partial charge in [0, 0.05) is 25.2 Å². The topological polar surface area (TPSA) is 58.7 Å². The fourth-order valence-electron chi connectivity index (χ4n) is 1.81. The van der Waals surface area contributed by atoms with E-state index in [0.29, 0.717) is 13.1 Å². The Bertz CT molecular complexity index is 342. The Morgan fingerprint density at radius 2 is 2.18 bits per heavy atom. The molecule has 0 amide bonds. The van der Waals surface area contributed by atoms with E-state index >= 15 is 0 Å². The molecule has 0 unspecified atom stereocenters. The van der Waals surface area contributed by atoms with Crippen LogP contribution >= 0.6 is 0 Å². The van der Waals surface area contributed by atoms with Gasteiger partial charge in [-0.3, -0.25) is 4.90 Å². The van der Waals surface area contributed by atoms with Gasteiger partial charge in [0.1, 0.15) is 5.75 Å². The van der Waals surface area contributed by atoms with Gasteiger partial charge in [0.15, 0.2) is 0 Å². The lowest BCUT2D eigenvalue weighted by Gasteiger charge is -2.21. The minimum absolute atomic E-state index is 0.173. The van der Waals surface area contributed by atoms with Crippen molar-refractivity contribution >= 4 is 0 Å². The van der Waals surface area contributed by atoms with Crippen LogP contribution in [-0.4, -0.2) is 36.8 Å². The van der Waals surface area contributed by atoms with E-state index in [0.717, 1.165) is 30.0 Å². The maximum Gasteiger partial charge on any atom is 0.123 e. The molecule has 17 heavy (non-hydrogen) atoms. The van der Waals surface area contributed by atoms with Crippen molar-refractivity contribution in [2.24, 2.45) is 5.73 Å². The van der Waals surface area contributed by atoms with Gasteiger partial charge in [-0.05, 0) is 24.2 Å². The van der Waals surface area contributed by atoms with Crippen LogP contribution in [0.3, 0.4) is 0 Å². The summed E-state index contributed by atoms with van der Waals surface area (Å²) in [6.45, 7) is 5.13. The summed E-state index contributed by atoms with van der Waals surface area (Å²) >= 11 is 0. The van der Waals surface area contributed by atoms with Crippen LogP contribution in [0, 0.1) is 0 Å². The Kier molecular flexibility index (Phi) is 5.97. The SMILES string of the molecule is CCN(CCO)Cc1cc(CN)ccc1OC. The highest BCUT2D eigenvalue weighted by Crippen LogP contribution is 2.21. The molecule has 0 saturated heterocycles. The summed E-state index contributed by atoms with van der Waals surface area (Å²) in [5.41, 5.74) is 7.85. The molecule has 0 aliphatic heterocycles. The molecule has 0 bridgehead atoms. The summed E-state index contributed by atoms with van der Waals surface area (Å²) in [5.74, 6) is 0.874. The second-order valence-electron chi connectivity index (χ2n) is 3.94. The Balaban J connectivity index is 2.85. The van der Waals surface area contributed by atoms with Crippen molar-refractivity contribution < 1.29 is 9.84 Å². The number of hydrogen-bond acceptors (Lipinski definition) is 4. The summed E-state index contributed by atoms with van der Waals surface area (Å²) in [6.07, 6.45) is 0. The lowest BCUT2D eigenvalue weighted by Crippen LogP contribution is -2.26. The smallest absolute Gasteiger partial charge is 0.123 e. The highest BCUT2D eigenvalue weighted by Gasteiger charge is 2.08. The molecule has 1 aromatic carbocycles. The van der Waals surface area contributed by atoms with Gasteiger partial charge < -0.3 is 15.6 Å². The molecule has 3 N–H and O–H groups in total. The Hall–Kier alpha value is -1.10. The second kappa shape index (κ2) is 7.27. The third-order valence-corrected chi connectivity index (χ3v) is 2.84. The highest BCUT2D eigenvalue weighted by atomic mass is 16.5. The van der Waals surface area contributed by atoms with Crippen LogP contribution in [0.4, 0.5) is 0 Å². The Labute approximate surface area is 103 Å². The summed E-state index contributed by atoms with van der Waals surface area (Å²) in [6, 6.07) is 5.99. The van der Waals surface area contributed by atoms with Gasteiger partial charge in [-0.15, -0.1) is 0 Å². The zero-order chi connectivity index (χ0) is 12.7. The minimum atomic E-state index is 0.173. The van der Waals surface area contributed by atoms with E-state index in [2.05, 4.69) is 17.9 Å². The maximum absolute atomic E-state index is 8.98. The van der Waals surface area contributed by atoms with Gasteiger partial charge in [0.2, 0.25) is 0 Å². The summed E-state index contributed by atoms with van der Waals surface area (Å²) in [5, 5.41) is 8.98. The molecule has 96 valence electrons. The van der Waals surface area contributed by atoms with Crippen molar-refractivity contribution in [2.75, 3.05) is 26.8 Å². The van der Waals surface area contributed by atoms with Crippen LogP contribution in [0.2, 0.25) is 0 Å². The molecule has 0 heterocycles. The normalized spacial score (nSPS) is 10.9. The molecule has 0 radical (unpaired) electrons. The molecule has 0 fully saturated rings. The number of hydrogen-bond donors (Lipinski definition) is 2. The van der Waals surface area contributed by atoms with Gasteiger partial charge in [-0.2, -0.15) is 0 Å². The highest BCUT2D eigenvalue weighted by molar-refractivity contribution is 5.37. The van der Waals surface area contributed by atoms with E-state index in [1.165, 1.54) is 0 Å². The number of rotatable bonds is 7. The fraction of sp³-hybridized carbons (Fsp3) is 0.538. The molecule has 0 aromatic heterocycles. The Morgan fingerprint density at radius 1 is 1.41 bits per heavy atom. The number of ether oxygens (including phenoxy) is 1. The fourth-order valence-corrected chi connectivity index (χ4v) is 1.81. The van der Waals surface area contributed by atoms with Crippen molar-refractivity contribution in [1.29, 1.82) is 0 Å². The van der Waals surface area contributed by atoms with Crippen LogP contribution in [0.15, 0.2) is 18.2 Å². The van der Waals surface area contributed by atoms with E-state index in [-0.39, 0.29) is 6.61 Å². The van der Waals surface area contributed by atoms with Crippen LogP contribution in [0.5, 0.6) is 5.75 Å². The molecule has 0 spiro atoms. The molecule has 1 rings (SSSR count). The monoisotopic (exact) mass is 238 g/mol. The van der Waals surface area contributed by atoms with Gasteiger partial charge in [0.05, 0.1) is 13.7 Å². The zero-order valence-corrected chi connectivity index (χ0v) is 10.6. The number of benzene rings is 1. The van der Waals surface area contributed by atoms with Crippen molar-refractivity contribution in [3.8, 4) is 5.75 Å². The molecule has 1 aromatic rings. The molecule has 0 atom stereocenters. The first-order valence-corrected chi connectivity index (χ1v) is 5.94. The minimum Gasteiger partial charge on any atom is -0.496 e. The predicted molar refractivity (Wildman–Crippen MR) is 68.9 cm³/mol. The number of nitrogens with zero attached hydrogens (tertiary/aromatic N) is 1. The molecule has 0 saturated carbocycles. The van der Waals surface area contributed by atoms with Gasteiger partial charge in [-0.1, -0.05) is 13.0 Å². The average molecular weight is 238 g/mol. The quantitative estimate of drug-likeness (QED) is 0.743. The van der Waals surface area contributed by atoms with Gasteiger partial charge >= 0.3 is 0 Å². The first-order valence-electron chi connectivity index (χ1n) is 5.94. The third-order valence-electron chi connectivity index (χ3n) is 2.84. The van der Waals surface area contributed by atoms with E-state index in [4.69, 9.17) is 15.6 Å². The first kappa shape index (κ1) is 14.0. The van der Waals surface area contributed by atoms with E-state index in [9.17, 15) is 0 Å². The van der Waals surface area contributed by atoms with E-state index in [1.807, 2.05) is 12.1 Å². The lowest BCUT2D eigenvalue weighted by atomic mass is 10.1. The summed E-state index contributed by atoms with van der Waals surface area (Å²) < 4.78 is 5.34. The average Bonchev–Trinajstić information content (AvgIpc) is 2.38. The first-order chi connectivity index (χ1) is 8.24. The second-order valence-corrected chi connectivity index (χ2v) is 3.94. The van der Waals surface area contributed by atoms with Crippen LogP contribution < -0.4 is 10.5 Å². The van der Waals surface area contributed by atoms with Crippen molar-refractivity contribution in [3.63, 3.8) is 0 Å². The zero-order valence-electron chi connectivity index (χ0n) is 10.6. The number of aliphatic hydroxyl groups excluding tert-OH is 1. The molecular formula is C13H22N2O2. The largest absolute Gasteiger partial charge is 0.496 e. The molecule has 0 aliphatic rings. The van der Waals surface area contributed by atoms with Gasteiger partial charge in [-0.25, -0.2) is 0 Å². The standard InChI is InChI=1S/C13H22N2O2/c1-3-15(6-7-16)10-12-8-11(9-14)4-5-13(12)17-2/h4-5,8,16H,3,6-7,9-10,14H2,1-2H3. The third kappa shape index (κ3) is 4.00. The lowest BCUT2D eigenvalue weighted by molar-refractivity contribution is 0.195. The van der Waals surface area contributed by atoms with Crippen molar-refractivity contribution in [1.82, 2.24) is 4.90 Å². The number of likely N-dealkylation sites (N-methyl/N-ethyl adjacent to an activating group) is 1. The maximum atomic E-state index is 8.98. The van der Waals surface area contributed by atoms with Crippen LogP contribution in [0.1, 0.15) is 18.1 Å². The van der Waals surface area contributed by atoms with Gasteiger partial charge in [0.25, 0.3) is 0 Å². The van der Waals surface area contributed by atoms with E-state index in [1.54, 1.807) is 7.11 Å². The predicted octanol–water partition coefficient (Wildman–Crippen LogP) is 0.968. The number of nitrogens with two attached hydrogens (primary N) is 1. The molecular weight excluding hydrogens is 216 g/mol. The number of aliphatic hydroxyl groups is 1. The molecule has 4 nitrogen and oxygen atoms in total. The van der Waals surface area contributed by atoms with Crippen LogP contribution in [-0.2, 0) is 13.1 Å². The summed E-state index contributed by atoms with van der Waals surface area (Å²) in [7, 11) is 1.67. The van der Waals surface area contributed by atoms with Crippen LogP contribution in [0.25, 0.3) is 0 Å². The molecule has 4 heteroatoms. The Morgan fingerprint density at radius 3 is 2.71 bits per heavy atom.